The molecule has 0 saturated carbocycles. The summed E-state index contributed by atoms with van der Waals surface area (Å²) in [5.74, 6) is -0.249. The van der Waals surface area contributed by atoms with Gasteiger partial charge >= 0.3 is 6.09 Å². The van der Waals surface area contributed by atoms with Crippen LogP contribution in [0.5, 0.6) is 0 Å². The van der Waals surface area contributed by atoms with Crippen LogP contribution < -0.4 is 4.31 Å². The summed E-state index contributed by atoms with van der Waals surface area (Å²) < 4.78 is 31.5. The Balaban J connectivity index is 2.25. The van der Waals surface area contributed by atoms with Gasteiger partial charge in [0.15, 0.2) is 0 Å². The lowest BCUT2D eigenvalue weighted by atomic mass is 10.1. The highest BCUT2D eigenvalue weighted by atomic mass is 32.2. The number of hydrogen-bond donors (Lipinski definition) is 0. The van der Waals surface area contributed by atoms with Crippen LogP contribution in [-0.4, -0.2) is 75.3 Å². The first-order valence-corrected chi connectivity index (χ1v) is 11.7. The molecular formula is C20H31N3O5S. The van der Waals surface area contributed by atoms with Crippen molar-refractivity contribution in [3.05, 3.63) is 29.3 Å². The Labute approximate surface area is 173 Å². The SMILES string of the molecule is CCOC(=O)N1CCN(C(=O)[C@@H](CC)N(c2cc(C)cc(C)c2)S(C)(=O)=O)CC1. The van der Waals surface area contributed by atoms with E-state index in [4.69, 9.17) is 4.74 Å². The summed E-state index contributed by atoms with van der Waals surface area (Å²) in [6.07, 6.45) is 1.08. The number of anilines is 1. The van der Waals surface area contributed by atoms with Crippen LogP contribution in [0.3, 0.4) is 0 Å². The van der Waals surface area contributed by atoms with Crippen molar-refractivity contribution in [1.82, 2.24) is 9.80 Å². The summed E-state index contributed by atoms with van der Waals surface area (Å²) in [5.41, 5.74) is 2.35. The topological polar surface area (TPSA) is 87.2 Å². The van der Waals surface area contributed by atoms with E-state index in [0.29, 0.717) is 44.9 Å². The number of ether oxygens (including phenoxy) is 1. The van der Waals surface area contributed by atoms with Gasteiger partial charge in [0.25, 0.3) is 0 Å². The van der Waals surface area contributed by atoms with Crippen molar-refractivity contribution >= 4 is 27.7 Å². The number of amides is 2. The lowest BCUT2D eigenvalue weighted by molar-refractivity contribution is -0.134. The first-order valence-electron chi connectivity index (χ1n) is 9.86. The van der Waals surface area contributed by atoms with Gasteiger partial charge < -0.3 is 14.5 Å². The second kappa shape index (κ2) is 9.47. The highest BCUT2D eigenvalue weighted by Gasteiger charge is 2.36. The average Bonchev–Trinajstić information content (AvgIpc) is 2.64. The zero-order valence-electron chi connectivity index (χ0n) is 17.8. The maximum atomic E-state index is 13.2. The van der Waals surface area contributed by atoms with Gasteiger partial charge in [-0.3, -0.25) is 9.10 Å². The smallest absolute Gasteiger partial charge is 0.409 e. The Hall–Kier alpha value is -2.29. The molecule has 0 aromatic heterocycles. The minimum Gasteiger partial charge on any atom is -0.450 e. The van der Waals surface area contributed by atoms with Crippen molar-refractivity contribution in [2.45, 2.75) is 40.2 Å². The van der Waals surface area contributed by atoms with Crippen LogP contribution in [0.4, 0.5) is 10.5 Å². The number of nitrogens with zero attached hydrogens (tertiary/aromatic N) is 3. The average molecular weight is 426 g/mol. The Morgan fingerprint density at radius 3 is 2.00 bits per heavy atom. The van der Waals surface area contributed by atoms with E-state index >= 15 is 0 Å². The van der Waals surface area contributed by atoms with E-state index in [1.165, 1.54) is 4.31 Å². The molecule has 1 aromatic rings. The molecule has 0 spiro atoms. The highest BCUT2D eigenvalue weighted by Crippen LogP contribution is 2.26. The Morgan fingerprint density at radius 2 is 1.55 bits per heavy atom. The third-order valence-corrected chi connectivity index (χ3v) is 6.07. The molecule has 0 bridgehead atoms. The molecule has 162 valence electrons. The fourth-order valence-corrected chi connectivity index (χ4v) is 4.85. The molecule has 2 rings (SSSR count). The second-order valence-corrected chi connectivity index (χ2v) is 9.20. The lowest BCUT2D eigenvalue weighted by Gasteiger charge is -2.38. The summed E-state index contributed by atoms with van der Waals surface area (Å²) >= 11 is 0. The number of aryl methyl sites for hydroxylation is 2. The molecule has 0 radical (unpaired) electrons. The number of piperazine rings is 1. The van der Waals surface area contributed by atoms with Crippen molar-refractivity contribution in [3.63, 3.8) is 0 Å². The Morgan fingerprint density at radius 1 is 1.03 bits per heavy atom. The van der Waals surface area contributed by atoms with E-state index in [2.05, 4.69) is 0 Å². The molecular weight excluding hydrogens is 394 g/mol. The molecule has 1 aliphatic heterocycles. The quantitative estimate of drug-likeness (QED) is 0.697. The van der Waals surface area contributed by atoms with Crippen LogP contribution in [0.2, 0.25) is 0 Å². The van der Waals surface area contributed by atoms with Gasteiger partial charge in [-0.15, -0.1) is 0 Å². The molecule has 9 heteroatoms. The van der Waals surface area contributed by atoms with Gasteiger partial charge in [-0.05, 0) is 50.5 Å². The summed E-state index contributed by atoms with van der Waals surface area (Å²) in [4.78, 5) is 28.3. The number of carbonyl (C=O) groups excluding carboxylic acids is 2. The third-order valence-electron chi connectivity index (χ3n) is 4.89. The predicted octanol–water partition coefficient (Wildman–Crippen LogP) is 2.15. The number of benzene rings is 1. The van der Waals surface area contributed by atoms with E-state index in [9.17, 15) is 18.0 Å². The molecule has 29 heavy (non-hydrogen) atoms. The van der Waals surface area contributed by atoms with Gasteiger partial charge in [0, 0.05) is 26.2 Å². The van der Waals surface area contributed by atoms with E-state index in [-0.39, 0.29) is 12.0 Å². The maximum absolute atomic E-state index is 13.2. The van der Waals surface area contributed by atoms with Gasteiger partial charge in [-0.25, -0.2) is 13.2 Å². The van der Waals surface area contributed by atoms with Gasteiger partial charge in [-0.2, -0.15) is 0 Å². The van der Waals surface area contributed by atoms with E-state index in [0.717, 1.165) is 17.4 Å². The fourth-order valence-electron chi connectivity index (χ4n) is 3.66. The Kier molecular flexibility index (Phi) is 7.51. The summed E-state index contributed by atoms with van der Waals surface area (Å²) in [6.45, 7) is 9.07. The van der Waals surface area contributed by atoms with E-state index < -0.39 is 16.1 Å². The van der Waals surface area contributed by atoms with Crippen molar-refractivity contribution in [2.75, 3.05) is 43.3 Å². The van der Waals surface area contributed by atoms with Gasteiger partial charge in [0.05, 0.1) is 18.6 Å². The molecule has 1 fully saturated rings. The van der Waals surface area contributed by atoms with Gasteiger partial charge in [0.2, 0.25) is 15.9 Å². The van der Waals surface area contributed by atoms with Crippen LogP contribution in [0.1, 0.15) is 31.4 Å². The van der Waals surface area contributed by atoms with Crippen LogP contribution in [0, 0.1) is 13.8 Å². The van der Waals surface area contributed by atoms with Crippen LogP contribution in [-0.2, 0) is 19.6 Å². The maximum Gasteiger partial charge on any atom is 0.409 e. The number of hydrogen-bond acceptors (Lipinski definition) is 5. The van der Waals surface area contributed by atoms with Gasteiger partial charge in [-0.1, -0.05) is 13.0 Å². The summed E-state index contributed by atoms with van der Waals surface area (Å²) in [5, 5.41) is 0. The monoisotopic (exact) mass is 425 g/mol. The molecule has 1 heterocycles. The molecule has 0 N–H and O–H groups in total. The minimum atomic E-state index is -3.68. The standard InChI is InChI=1S/C20H31N3O5S/c1-6-18(19(24)21-8-10-22(11-9-21)20(25)28-7-2)23(29(5,26)27)17-13-15(3)12-16(4)14-17/h12-14,18H,6-11H2,1-5H3/t18-/m1/s1. The predicted molar refractivity (Wildman–Crippen MR) is 112 cm³/mol. The normalized spacial score (nSPS) is 15.8. The zero-order valence-corrected chi connectivity index (χ0v) is 18.7. The fraction of sp³-hybridized carbons (Fsp3) is 0.600. The first-order chi connectivity index (χ1) is 13.6. The molecule has 0 unspecified atom stereocenters. The highest BCUT2D eigenvalue weighted by molar-refractivity contribution is 7.92. The molecule has 8 nitrogen and oxygen atoms in total. The molecule has 0 aliphatic carbocycles. The zero-order chi connectivity index (χ0) is 21.8. The Bertz CT molecular complexity index is 827. The van der Waals surface area contributed by atoms with E-state index in [1.54, 1.807) is 35.8 Å². The molecule has 1 atom stereocenters. The molecule has 1 saturated heterocycles. The first kappa shape index (κ1) is 23.0. The number of carbonyl (C=O) groups is 2. The third kappa shape index (κ3) is 5.62. The van der Waals surface area contributed by atoms with Crippen molar-refractivity contribution in [3.8, 4) is 0 Å². The lowest BCUT2D eigenvalue weighted by Crippen LogP contribution is -2.56. The van der Waals surface area contributed by atoms with Crippen molar-refractivity contribution in [2.24, 2.45) is 0 Å². The van der Waals surface area contributed by atoms with Crippen LogP contribution in [0.15, 0.2) is 18.2 Å². The van der Waals surface area contributed by atoms with E-state index in [1.807, 2.05) is 19.9 Å². The van der Waals surface area contributed by atoms with Crippen LogP contribution >= 0.6 is 0 Å². The number of sulfonamides is 1. The summed E-state index contributed by atoms with van der Waals surface area (Å²) in [7, 11) is -3.68. The van der Waals surface area contributed by atoms with Crippen molar-refractivity contribution in [1.29, 1.82) is 0 Å². The molecule has 1 aliphatic rings. The number of rotatable bonds is 6. The minimum absolute atomic E-state index is 0.249. The summed E-state index contributed by atoms with van der Waals surface area (Å²) in [6, 6.07) is 4.69. The van der Waals surface area contributed by atoms with Gasteiger partial charge in [0.1, 0.15) is 6.04 Å². The largest absolute Gasteiger partial charge is 0.450 e. The second-order valence-electron chi connectivity index (χ2n) is 7.34. The van der Waals surface area contributed by atoms with Crippen molar-refractivity contribution < 1.29 is 22.7 Å². The molecule has 2 amide bonds. The van der Waals surface area contributed by atoms with Crippen LogP contribution in [0.25, 0.3) is 0 Å². The molecule has 1 aromatic carbocycles.